The van der Waals surface area contributed by atoms with Gasteiger partial charge in [0.15, 0.2) is 0 Å². The van der Waals surface area contributed by atoms with Crippen molar-refractivity contribution in [3.05, 3.63) is 97.2 Å². The van der Waals surface area contributed by atoms with E-state index in [0.29, 0.717) is 6.42 Å². The number of rotatable bonds is 57. The molecular formula is C68H121NO3. The van der Waals surface area contributed by atoms with Crippen molar-refractivity contribution in [2.75, 3.05) is 6.61 Å². The van der Waals surface area contributed by atoms with Crippen molar-refractivity contribution in [1.82, 2.24) is 5.32 Å². The second-order valence-corrected chi connectivity index (χ2v) is 21.1. The van der Waals surface area contributed by atoms with Gasteiger partial charge in [0.05, 0.1) is 18.8 Å². The van der Waals surface area contributed by atoms with Crippen LogP contribution in [0.1, 0.15) is 309 Å². The maximum Gasteiger partial charge on any atom is 0.220 e. The average molecular weight is 1000 g/mol. The van der Waals surface area contributed by atoms with E-state index in [9.17, 15) is 15.0 Å². The van der Waals surface area contributed by atoms with Crippen molar-refractivity contribution in [1.29, 1.82) is 0 Å². The number of hydrogen-bond acceptors (Lipinski definition) is 3. The van der Waals surface area contributed by atoms with Gasteiger partial charge in [-0.05, 0) is 89.9 Å². The molecule has 0 aromatic carbocycles. The first-order valence-electron chi connectivity index (χ1n) is 31.5. The van der Waals surface area contributed by atoms with E-state index >= 15 is 0 Å². The number of nitrogens with one attached hydrogen (secondary N) is 1. The zero-order valence-electron chi connectivity index (χ0n) is 47.9. The van der Waals surface area contributed by atoms with Crippen molar-refractivity contribution in [3.8, 4) is 0 Å². The molecule has 3 N–H and O–H groups in total. The van der Waals surface area contributed by atoms with Gasteiger partial charge < -0.3 is 15.5 Å². The van der Waals surface area contributed by atoms with Crippen molar-refractivity contribution < 1.29 is 15.0 Å². The molecule has 0 radical (unpaired) electrons. The van der Waals surface area contributed by atoms with Crippen molar-refractivity contribution in [2.24, 2.45) is 0 Å². The maximum absolute atomic E-state index is 12.5. The summed E-state index contributed by atoms with van der Waals surface area (Å²) < 4.78 is 0. The lowest BCUT2D eigenvalue weighted by Crippen LogP contribution is -2.45. The summed E-state index contributed by atoms with van der Waals surface area (Å²) in [5.41, 5.74) is 0. The molecule has 0 saturated carbocycles. The molecule has 0 aromatic heterocycles. The van der Waals surface area contributed by atoms with Crippen LogP contribution >= 0.6 is 0 Å². The third kappa shape index (κ3) is 58.2. The molecule has 4 heteroatoms. The van der Waals surface area contributed by atoms with Gasteiger partial charge in [0.1, 0.15) is 0 Å². The standard InChI is InChI=1S/C68H121NO3/c1-3-5-7-9-11-13-15-17-19-21-23-24-25-26-27-28-29-30-31-32-33-34-35-36-37-38-39-40-41-42-43-44-46-48-50-52-54-56-58-60-62-64-68(72)69-66(65-70)67(71)63-61-59-57-55-53-51-49-47-45-22-20-18-16-14-12-10-8-6-4-2/h5,7,11,13,17,19,23-24,26-27,45,47,53,55,61,63,66-67,70-71H,3-4,6,8-10,12,14-16,18,20-22,25,28-44,46,48-52,54,56-60,62,64-65H2,1-2H3,(H,69,72)/b7-5-,13-11-,19-17-,24-23-,27-26-,47-45+,55-53+,63-61+. The summed E-state index contributed by atoms with van der Waals surface area (Å²) in [5.74, 6) is -0.0751. The van der Waals surface area contributed by atoms with E-state index in [1.165, 1.54) is 218 Å². The van der Waals surface area contributed by atoms with Crippen LogP contribution in [0, 0.1) is 0 Å². The molecule has 0 fully saturated rings. The minimum Gasteiger partial charge on any atom is -0.394 e. The number of allylic oxidation sites excluding steroid dienone is 15. The minimum absolute atomic E-state index is 0.0751. The number of amides is 1. The fourth-order valence-corrected chi connectivity index (χ4v) is 9.30. The van der Waals surface area contributed by atoms with Gasteiger partial charge >= 0.3 is 0 Å². The van der Waals surface area contributed by atoms with E-state index in [1.807, 2.05) is 6.08 Å². The Balaban J connectivity index is 3.46. The van der Waals surface area contributed by atoms with Crippen LogP contribution in [0.3, 0.4) is 0 Å². The zero-order valence-corrected chi connectivity index (χ0v) is 47.9. The molecule has 1 amide bonds. The quantitative estimate of drug-likeness (QED) is 0.0420. The van der Waals surface area contributed by atoms with Crippen LogP contribution in [0.25, 0.3) is 0 Å². The van der Waals surface area contributed by atoms with Crippen LogP contribution in [-0.4, -0.2) is 34.9 Å². The average Bonchev–Trinajstić information content (AvgIpc) is 3.39. The van der Waals surface area contributed by atoms with Gasteiger partial charge in [-0.25, -0.2) is 0 Å². The molecule has 0 aliphatic rings. The van der Waals surface area contributed by atoms with Gasteiger partial charge in [0, 0.05) is 6.42 Å². The van der Waals surface area contributed by atoms with Gasteiger partial charge in [-0.1, -0.05) is 310 Å². The molecular weight excluding hydrogens is 879 g/mol. The third-order valence-corrected chi connectivity index (χ3v) is 14.0. The summed E-state index contributed by atoms with van der Waals surface area (Å²) in [7, 11) is 0. The molecule has 0 rings (SSSR count). The van der Waals surface area contributed by atoms with E-state index in [-0.39, 0.29) is 12.5 Å². The van der Waals surface area contributed by atoms with Crippen LogP contribution < -0.4 is 5.32 Å². The number of carbonyl (C=O) groups is 1. The Morgan fingerprint density at radius 2 is 0.625 bits per heavy atom. The Morgan fingerprint density at radius 3 is 0.972 bits per heavy atom. The van der Waals surface area contributed by atoms with Gasteiger partial charge in [-0.15, -0.1) is 0 Å². The van der Waals surface area contributed by atoms with Gasteiger partial charge in [0.2, 0.25) is 5.91 Å². The molecule has 72 heavy (non-hydrogen) atoms. The molecule has 2 atom stereocenters. The summed E-state index contributed by atoms with van der Waals surface area (Å²) in [4.78, 5) is 12.5. The molecule has 0 spiro atoms. The molecule has 0 saturated heterocycles. The predicted octanol–water partition coefficient (Wildman–Crippen LogP) is 21.3. The summed E-state index contributed by atoms with van der Waals surface area (Å²) in [6, 6.07) is -0.648. The molecule has 0 aliphatic heterocycles. The predicted molar refractivity (Wildman–Crippen MR) is 322 cm³/mol. The van der Waals surface area contributed by atoms with Crippen LogP contribution in [0.5, 0.6) is 0 Å². The zero-order chi connectivity index (χ0) is 52.0. The first kappa shape index (κ1) is 69.3. The summed E-state index contributed by atoms with van der Waals surface area (Å²) >= 11 is 0. The fraction of sp³-hybridized carbons (Fsp3) is 0.750. The maximum atomic E-state index is 12.5. The Morgan fingerprint density at radius 1 is 0.347 bits per heavy atom. The summed E-state index contributed by atoms with van der Waals surface area (Å²) in [5, 5.41) is 23.2. The number of aliphatic hydroxyl groups excluding tert-OH is 2. The first-order valence-corrected chi connectivity index (χ1v) is 31.5. The van der Waals surface area contributed by atoms with Gasteiger partial charge in [-0.2, -0.15) is 0 Å². The lowest BCUT2D eigenvalue weighted by molar-refractivity contribution is -0.123. The van der Waals surface area contributed by atoms with E-state index < -0.39 is 12.1 Å². The lowest BCUT2D eigenvalue weighted by Gasteiger charge is -2.19. The number of hydrogen-bond donors (Lipinski definition) is 3. The van der Waals surface area contributed by atoms with Crippen LogP contribution in [0.2, 0.25) is 0 Å². The molecule has 2 unspecified atom stereocenters. The van der Waals surface area contributed by atoms with E-state index in [0.717, 1.165) is 70.6 Å². The van der Waals surface area contributed by atoms with Crippen LogP contribution in [-0.2, 0) is 4.79 Å². The number of aliphatic hydroxyl groups is 2. The Labute approximate surface area is 449 Å². The van der Waals surface area contributed by atoms with E-state index in [1.54, 1.807) is 6.08 Å². The van der Waals surface area contributed by atoms with Crippen molar-refractivity contribution in [2.45, 2.75) is 321 Å². The van der Waals surface area contributed by atoms with Gasteiger partial charge in [0.25, 0.3) is 0 Å². The highest BCUT2D eigenvalue weighted by atomic mass is 16.3. The Bertz CT molecular complexity index is 1320. The number of carbonyl (C=O) groups excluding carboxylic acids is 1. The van der Waals surface area contributed by atoms with Crippen molar-refractivity contribution >= 4 is 5.91 Å². The largest absolute Gasteiger partial charge is 0.394 e. The first-order chi connectivity index (χ1) is 35.7. The second kappa shape index (κ2) is 62.6. The lowest BCUT2D eigenvalue weighted by atomic mass is 10.0. The van der Waals surface area contributed by atoms with Gasteiger partial charge in [-0.3, -0.25) is 4.79 Å². The SMILES string of the molecule is CC/C=C\C/C=C\C/C=C\C/C=C\C/C=C\CCCCCCCCCCCCCCCCCCCCCCCCCCCC(=O)NC(CO)C(O)/C=C/CC/C=C/CC/C=C/CCCCCCCCCCC. The molecule has 0 heterocycles. The molecule has 0 aliphatic carbocycles. The molecule has 0 aromatic rings. The highest BCUT2D eigenvalue weighted by Crippen LogP contribution is 2.17. The second-order valence-electron chi connectivity index (χ2n) is 21.1. The normalized spacial score (nSPS) is 13.4. The highest BCUT2D eigenvalue weighted by Gasteiger charge is 2.18. The van der Waals surface area contributed by atoms with E-state index in [2.05, 4.69) is 104 Å². The third-order valence-electron chi connectivity index (χ3n) is 14.0. The smallest absolute Gasteiger partial charge is 0.220 e. The Kier molecular flexibility index (Phi) is 60.3. The minimum atomic E-state index is -0.873. The van der Waals surface area contributed by atoms with E-state index in [4.69, 9.17) is 0 Å². The molecule has 4 nitrogen and oxygen atoms in total. The monoisotopic (exact) mass is 1000 g/mol. The van der Waals surface area contributed by atoms with Crippen LogP contribution in [0.4, 0.5) is 0 Å². The summed E-state index contributed by atoms with van der Waals surface area (Å²) in [6.45, 7) is 4.19. The summed E-state index contributed by atoms with van der Waals surface area (Å²) in [6.07, 6.45) is 93.2. The topological polar surface area (TPSA) is 69.6 Å². The fourth-order valence-electron chi connectivity index (χ4n) is 9.30. The Hall–Kier alpha value is -2.69. The number of unbranched alkanes of at least 4 members (excludes halogenated alkanes) is 36. The van der Waals surface area contributed by atoms with Crippen molar-refractivity contribution in [3.63, 3.8) is 0 Å². The highest BCUT2D eigenvalue weighted by molar-refractivity contribution is 5.76. The van der Waals surface area contributed by atoms with Crippen LogP contribution in [0.15, 0.2) is 97.2 Å². The molecule has 0 bridgehead atoms. The molecule has 416 valence electrons.